The van der Waals surface area contributed by atoms with E-state index in [0.29, 0.717) is 12.1 Å². The predicted molar refractivity (Wildman–Crippen MR) is 85.8 cm³/mol. The average molecular weight is 287 g/mol. The molecular formula is C14H26N2S2. The van der Waals surface area contributed by atoms with Crippen molar-refractivity contribution in [3.05, 3.63) is 22.4 Å². The van der Waals surface area contributed by atoms with Gasteiger partial charge in [0.1, 0.15) is 0 Å². The standard InChI is InChI=1S/C14H26N2S2/c1-5-13(11-17-4)16(3)9-8-15-12(2)14-7-6-10-18-14/h6-7,10,12-13,15H,5,8-9,11H2,1-4H3. The number of nitrogens with one attached hydrogen (secondary N) is 1. The van der Waals surface area contributed by atoms with Gasteiger partial charge in [-0.1, -0.05) is 13.0 Å². The minimum absolute atomic E-state index is 0.471. The number of hydrogen-bond donors (Lipinski definition) is 1. The van der Waals surface area contributed by atoms with Crippen molar-refractivity contribution < 1.29 is 0 Å². The van der Waals surface area contributed by atoms with Gasteiger partial charge in [-0.2, -0.15) is 11.8 Å². The van der Waals surface area contributed by atoms with Crippen molar-refractivity contribution in [1.82, 2.24) is 10.2 Å². The van der Waals surface area contributed by atoms with Crippen molar-refractivity contribution in [2.45, 2.75) is 32.4 Å². The number of likely N-dealkylation sites (N-methyl/N-ethyl adjacent to an activating group) is 1. The van der Waals surface area contributed by atoms with Crippen LogP contribution in [-0.4, -0.2) is 43.1 Å². The minimum atomic E-state index is 0.471. The molecule has 0 aliphatic carbocycles. The zero-order valence-electron chi connectivity index (χ0n) is 12.0. The quantitative estimate of drug-likeness (QED) is 0.748. The van der Waals surface area contributed by atoms with Crippen molar-refractivity contribution >= 4 is 23.1 Å². The minimum Gasteiger partial charge on any atom is -0.308 e. The Morgan fingerprint density at radius 3 is 2.83 bits per heavy atom. The van der Waals surface area contributed by atoms with Gasteiger partial charge >= 0.3 is 0 Å². The van der Waals surface area contributed by atoms with E-state index in [9.17, 15) is 0 Å². The van der Waals surface area contributed by atoms with Crippen LogP contribution in [0.1, 0.15) is 31.2 Å². The number of thiophene rings is 1. The first-order chi connectivity index (χ1) is 8.69. The van der Waals surface area contributed by atoms with Crippen LogP contribution >= 0.6 is 23.1 Å². The first-order valence-corrected chi connectivity index (χ1v) is 8.92. The number of nitrogens with zero attached hydrogens (tertiary/aromatic N) is 1. The average Bonchev–Trinajstić information content (AvgIpc) is 2.89. The second-order valence-corrected chi connectivity index (χ2v) is 6.58. The zero-order valence-corrected chi connectivity index (χ0v) is 13.6. The molecule has 2 unspecified atom stereocenters. The second kappa shape index (κ2) is 8.97. The zero-order chi connectivity index (χ0) is 13.4. The van der Waals surface area contributed by atoms with Crippen LogP contribution in [0.5, 0.6) is 0 Å². The van der Waals surface area contributed by atoms with Gasteiger partial charge in [0.05, 0.1) is 0 Å². The number of thioether (sulfide) groups is 1. The third-order valence-corrected chi connectivity index (χ3v) is 5.11. The Hall–Kier alpha value is -0.0300. The van der Waals surface area contributed by atoms with Crippen LogP contribution in [0, 0.1) is 0 Å². The highest BCUT2D eigenvalue weighted by molar-refractivity contribution is 7.98. The summed E-state index contributed by atoms with van der Waals surface area (Å²) < 4.78 is 0. The largest absolute Gasteiger partial charge is 0.308 e. The van der Waals surface area contributed by atoms with E-state index in [2.05, 4.69) is 54.9 Å². The molecule has 0 aliphatic rings. The molecule has 0 saturated heterocycles. The third kappa shape index (κ3) is 5.31. The topological polar surface area (TPSA) is 15.3 Å². The molecule has 0 bridgehead atoms. The maximum atomic E-state index is 3.60. The van der Waals surface area contributed by atoms with Gasteiger partial charge in [0.15, 0.2) is 0 Å². The van der Waals surface area contributed by atoms with Gasteiger partial charge in [-0.15, -0.1) is 11.3 Å². The first-order valence-electron chi connectivity index (χ1n) is 6.65. The molecule has 104 valence electrons. The lowest BCUT2D eigenvalue weighted by molar-refractivity contribution is 0.253. The molecule has 0 fully saturated rings. The second-order valence-electron chi connectivity index (χ2n) is 4.69. The summed E-state index contributed by atoms with van der Waals surface area (Å²) in [6, 6.07) is 5.50. The highest BCUT2D eigenvalue weighted by Gasteiger charge is 2.12. The van der Waals surface area contributed by atoms with E-state index >= 15 is 0 Å². The van der Waals surface area contributed by atoms with E-state index in [-0.39, 0.29) is 0 Å². The van der Waals surface area contributed by atoms with E-state index in [0.717, 1.165) is 13.1 Å². The van der Waals surface area contributed by atoms with Crippen LogP contribution in [-0.2, 0) is 0 Å². The molecule has 1 aromatic rings. The van der Waals surface area contributed by atoms with Gasteiger partial charge in [0, 0.05) is 35.8 Å². The molecule has 0 radical (unpaired) electrons. The molecule has 1 aromatic heterocycles. The van der Waals surface area contributed by atoms with Gasteiger partial charge in [-0.25, -0.2) is 0 Å². The first kappa shape index (κ1) is 16.0. The maximum Gasteiger partial charge on any atom is 0.0386 e. The predicted octanol–water partition coefficient (Wildman–Crippen LogP) is 3.47. The SMILES string of the molecule is CCC(CSC)N(C)CCNC(C)c1cccs1. The van der Waals surface area contributed by atoms with Crippen LogP contribution in [0.15, 0.2) is 17.5 Å². The Morgan fingerprint density at radius 2 is 2.28 bits per heavy atom. The molecule has 2 atom stereocenters. The smallest absolute Gasteiger partial charge is 0.0386 e. The summed E-state index contributed by atoms with van der Waals surface area (Å²) in [4.78, 5) is 3.90. The lowest BCUT2D eigenvalue weighted by atomic mass is 10.2. The van der Waals surface area contributed by atoms with E-state index in [4.69, 9.17) is 0 Å². The molecule has 1 heterocycles. The van der Waals surface area contributed by atoms with Crippen molar-refractivity contribution in [1.29, 1.82) is 0 Å². The summed E-state index contributed by atoms with van der Waals surface area (Å²) in [7, 11) is 2.24. The number of rotatable bonds is 9. The lowest BCUT2D eigenvalue weighted by Crippen LogP contribution is -2.38. The maximum absolute atomic E-state index is 3.60. The molecular weight excluding hydrogens is 260 g/mol. The van der Waals surface area contributed by atoms with Crippen LogP contribution in [0.3, 0.4) is 0 Å². The molecule has 2 nitrogen and oxygen atoms in total. The summed E-state index contributed by atoms with van der Waals surface area (Å²) >= 11 is 3.77. The summed E-state index contributed by atoms with van der Waals surface area (Å²) in [5, 5.41) is 5.74. The van der Waals surface area contributed by atoms with Crippen molar-refractivity contribution in [3.63, 3.8) is 0 Å². The van der Waals surface area contributed by atoms with Crippen molar-refractivity contribution in [2.75, 3.05) is 32.1 Å². The van der Waals surface area contributed by atoms with Crippen LogP contribution < -0.4 is 5.32 Å². The molecule has 0 saturated carbocycles. The Labute approximate surface area is 120 Å². The highest BCUT2D eigenvalue weighted by Crippen LogP contribution is 2.17. The van der Waals surface area contributed by atoms with Crippen LogP contribution in [0.25, 0.3) is 0 Å². The monoisotopic (exact) mass is 286 g/mol. The van der Waals surface area contributed by atoms with Crippen LogP contribution in [0.2, 0.25) is 0 Å². The summed E-state index contributed by atoms with van der Waals surface area (Å²) in [6.07, 6.45) is 3.42. The third-order valence-electron chi connectivity index (χ3n) is 3.34. The lowest BCUT2D eigenvalue weighted by Gasteiger charge is -2.27. The highest BCUT2D eigenvalue weighted by atomic mass is 32.2. The van der Waals surface area contributed by atoms with E-state index < -0.39 is 0 Å². The molecule has 0 amide bonds. The molecule has 1 N–H and O–H groups in total. The Balaban J connectivity index is 2.24. The normalized spacial score (nSPS) is 14.9. The Bertz CT molecular complexity index is 301. The molecule has 0 spiro atoms. The molecule has 0 aliphatic heterocycles. The number of hydrogen-bond acceptors (Lipinski definition) is 4. The fourth-order valence-electron chi connectivity index (χ4n) is 2.03. The molecule has 4 heteroatoms. The summed E-state index contributed by atoms with van der Waals surface area (Å²) in [5.74, 6) is 1.23. The summed E-state index contributed by atoms with van der Waals surface area (Å²) in [6.45, 7) is 6.69. The van der Waals surface area contributed by atoms with Gasteiger partial charge < -0.3 is 10.2 Å². The van der Waals surface area contributed by atoms with E-state index in [1.54, 1.807) is 0 Å². The fourth-order valence-corrected chi connectivity index (χ4v) is 3.66. The van der Waals surface area contributed by atoms with Crippen LogP contribution in [0.4, 0.5) is 0 Å². The Morgan fingerprint density at radius 1 is 1.50 bits per heavy atom. The van der Waals surface area contributed by atoms with Gasteiger partial charge in [-0.3, -0.25) is 0 Å². The fraction of sp³-hybridized carbons (Fsp3) is 0.714. The van der Waals surface area contributed by atoms with Gasteiger partial charge in [-0.05, 0) is 38.1 Å². The van der Waals surface area contributed by atoms with E-state index in [1.807, 2.05) is 23.1 Å². The van der Waals surface area contributed by atoms with Gasteiger partial charge in [0.2, 0.25) is 0 Å². The van der Waals surface area contributed by atoms with Crippen molar-refractivity contribution in [3.8, 4) is 0 Å². The Kier molecular flexibility index (Phi) is 7.98. The summed E-state index contributed by atoms with van der Waals surface area (Å²) in [5.41, 5.74) is 0. The van der Waals surface area contributed by atoms with E-state index in [1.165, 1.54) is 17.1 Å². The van der Waals surface area contributed by atoms with Crippen molar-refractivity contribution in [2.24, 2.45) is 0 Å². The van der Waals surface area contributed by atoms with Gasteiger partial charge in [0.25, 0.3) is 0 Å². The molecule has 0 aromatic carbocycles. The molecule has 18 heavy (non-hydrogen) atoms. The molecule has 1 rings (SSSR count).